The van der Waals surface area contributed by atoms with E-state index in [-0.39, 0.29) is 26.2 Å². The van der Waals surface area contributed by atoms with Crippen molar-refractivity contribution < 1.29 is 52.7 Å². The lowest BCUT2D eigenvalue weighted by molar-refractivity contribution is -0.0623. The van der Waals surface area contributed by atoms with Crippen LogP contribution in [0.2, 0.25) is 0 Å². The first-order valence-electron chi connectivity index (χ1n) is 6.78. The van der Waals surface area contributed by atoms with Crippen molar-refractivity contribution in [2.45, 2.75) is 48.3 Å². The summed E-state index contributed by atoms with van der Waals surface area (Å²) in [6.45, 7) is -0.458. The minimum Gasteiger partial charge on any atom is -0.352 e. The fourth-order valence-electron chi connectivity index (χ4n) is 2.90. The van der Waals surface area contributed by atoms with Gasteiger partial charge in [0.1, 0.15) is 6.79 Å². The second-order valence-corrected chi connectivity index (χ2v) is 9.51. The Morgan fingerprint density at radius 3 is 1.88 bits per heavy atom. The van der Waals surface area contributed by atoms with Gasteiger partial charge in [-0.25, -0.2) is 16.8 Å². The second-order valence-electron chi connectivity index (χ2n) is 5.67. The first-order chi connectivity index (χ1) is 11.1. The van der Waals surface area contributed by atoms with E-state index in [0.29, 0.717) is 0 Å². The lowest BCUT2D eigenvalue weighted by atomic mass is 9.83. The Hall–Kier alpha value is -0.640. The smallest absolute Gasteiger partial charge is 0.352 e. The number of ether oxygens (including phenoxy) is 2. The van der Waals surface area contributed by atoms with Crippen LogP contribution in [0.4, 0.5) is 26.3 Å². The van der Waals surface area contributed by atoms with Crippen molar-refractivity contribution in [3.05, 3.63) is 0 Å². The molecule has 0 aromatic rings. The molecule has 2 fully saturated rings. The van der Waals surface area contributed by atoms with Gasteiger partial charge in [-0.2, -0.15) is 26.3 Å². The molecule has 0 aromatic carbocycles. The van der Waals surface area contributed by atoms with Crippen LogP contribution in [0.3, 0.4) is 0 Å². The van der Waals surface area contributed by atoms with Crippen molar-refractivity contribution in [2.75, 3.05) is 13.4 Å². The zero-order valence-corrected chi connectivity index (χ0v) is 13.9. The summed E-state index contributed by atoms with van der Waals surface area (Å²) in [5.74, 6) is 0. The van der Waals surface area contributed by atoms with Crippen molar-refractivity contribution in [3.8, 4) is 0 Å². The highest BCUT2D eigenvalue weighted by Crippen LogP contribution is 2.43. The van der Waals surface area contributed by atoms with Crippen molar-refractivity contribution >= 4 is 20.0 Å². The summed E-state index contributed by atoms with van der Waals surface area (Å²) in [5, 5.41) is 0. The third kappa shape index (κ3) is 3.61. The normalized spacial score (nSPS) is 29.5. The van der Waals surface area contributed by atoms with Crippen LogP contribution in [0.1, 0.15) is 25.7 Å². The van der Waals surface area contributed by atoms with Crippen LogP contribution >= 0.6 is 0 Å². The average Bonchev–Trinajstić information content (AvgIpc) is 2.83. The minimum absolute atomic E-state index is 0.0364. The molecule has 0 N–H and O–H groups in total. The Morgan fingerprint density at radius 1 is 0.960 bits per heavy atom. The predicted molar refractivity (Wildman–Crippen MR) is 68.7 cm³/mol. The van der Waals surface area contributed by atoms with Gasteiger partial charge in [0.15, 0.2) is 0 Å². The summed E-state index contributed by atoms with van der Waals surface area (Å²) < 4.78 is 132. The number of nitrogens with zero attached hydrogens (tertiary/aromatic N) is 1. The number of hydrogen-bond acceptors (Lipinski definition) is 6. The standard InChI is InChI=1S/C10H13F6NO6S2/c11-9(12,13)24(18,19)17(25(20,21)10(14,15)16)7-2-1-3-8(4-7)5-22-6-23-8/h7H,1-6H2. The van der Waals surface area contributed by atoms with Gasteiger partial charge in [-0.1, -0.05) is 3.71 Å². The van der Waals surface area contributed by atoms with Crippen molar-refractivity contribution in [3.63, 3.8) is 0 Å². The zero-order chi connectivity index (χ0) is 19.3. The molecule has 25 heavy (non-hydrogen) atoms. The van der Waals surface area contributed by atoms with Crippen LogP contribution in [-0.2, 0) is 29.5 Å². The number of hydrogen-bond donors (Lipinski definition) is 0. The fourth-order valence-corrected chi connectivity index (χ4v) is 5.99. The summed E-state index contributed by atoms with van der Waals surface area (Å²) in [5.41, 5.74) is -13.8. The molecule has 2 aliphatic rings. The number of sulfonamides is 2. The monoisotopic (exact) mass is 421 g/mol. The molecule has 1 heterocycles. The van der Waals surface area contributed by atoms with Crippen LogP contribution in [0.25, 0.3) is 0 Å². The quantitative estimate of drug-likeness (QED) is 0.644. The fraction of sp³-hybridized carbons (Fsp3) is 1.00. The molecule has 2 unspecified atom stereocenters. The third-order valence-electron chi connectivity index (χ3n) is 3.95. The predicted octanol–water partition coefficient (Wildman–Crippen LogP) is 1.67. The lowest BCUT2D eigenvalue weighted by Crippen LogP contribution is -2.57. The molecule has 0 radical (unpaired) electrons. The molecule has 148 valence electrons. The molecule has 0 bridgehead atoms. The first kappa shape index (κ1) is 20.7. The highest BCUT2D eigenvalue weighted by atomic mass is 32.3. The average molecular weight is 421 g/mol. The summed E-state index contributed by atoms with van der Waals surface area (Å²) in [6, 6.07) is -2.09. The van der Waals surface area contributed by atoms with Gasteiger partial charge in [-0.3, -0.25) is 0 Å². The summed E-state index contributed by atoms with van der Waals surface area (Å²) in [6.07, 6.45) is -1.02. The molecule has 1 spiro atoms. The molecule has 15 heteroatoms. The Morgan fingerprint density at radius 2 is 1.48 bits per heavy atom. The molecule has 1 saturated carbocycles. The van der Waals surface area contributed by atoms with Crippen molar-refractivity contribution in [1.29, 1.82) is 0 Å². The van der Waals surface area contributed by atoms with Crippen LogP contribution in [0, 0.1) is 0 Å². The van der Waals surface area contributed by atoms with E-state index >= 15 is 0 Å². The second kappa shape index (κ2) is 6.21. The molecule has 1 aliphatic heterocycles. The Labute approximate surface area is 139 Å². The Balaban J connectivity index is 2.53. The summed E-state index contributed by atoms with van der Waals surface area (Å²) in [4.78, 5) is 0. The third-order valence-corrected chi connectivity index (χ3v) is 7.84. The van der Waals surface area contributed by atoms with Crippen LogP contribution in [0.15, 0.2) is 0 Å². The SMILES string of the molecule is O=S(=O)(N(C1CCCC2(COCO2)C1)S(=O)(=O)C(F)(F)F)C(F)(F)F. The number of rotatable bonds is 3. The van der Waals surface area contributed by atoms with Gasteiger partial charge in [0.05, 0.1) is 12.2 Å². The minimum atomic E-state index is -6.80. The van der Waals surface area contributed by atoms with Crippen LogP contribution in [-0.4, -0.2) is 56.6 Å². The molecule has 1 saturated heterocycles. The van der Waals surface area contributed by atoms with E-state index in [0.717, 1.165) is 0 Å². The first-order valence-corrected chi connectivity index (χ1v) is 9.66. The maximum Gasteiger partial charge on any atom is 0.512 e. The molecule has 7 nitrogen and oxygen atoms in total. The van der Waals surface area contributed by atoms with E-state index in [1.807, 2.05) is 0 Å². The van der Waals surface area contributed by atoms with Gasteiger partial charge in [-0.05, 0) is 25.7 Å². The molecule has 0 aromatic heterocycles. The maximum absolute atomic E-state index is 12.8. The summed E-state index contributed by atoms with van der Waals surface area (Å²) in [7, 11) is -13.6. The van der Waals surface area contributed by atoms with Crippen molar-refractivity contribution in [2.24, 2.45) is 0 Å². The molecule has 2 rings (SSSR count). The Kier molecular flexibility index (Phi) is 5.14. The largest absolute Gasteiger partial charge is 0.512 e. The van der Waals surface area contributed by atoms with Gasteiger partial charge in [0, 0.05) is 6.04 Å². The van der Waals surface area contributed by atoms with E-state index in [4.69, 9.17) is 9.47 Å². The van der Waals surface area contributed by atoms with Crippen molar-refractivity contribution in [1.82, 2.24) is 3.71 Å². The van der Waals surface area contributed by atoms with E-state index in [9.17, 15) is 43.2 Å². The number of halogens is 6. The molecule has 0 amide bonds. The molecular formula is C10H13F6NO6S2. The Bertz CT molecular complexity index is 665. The van der Waals surface area contributed by atoms with Gasteiger partial charge in [0.2, 0.25) is 0 Å². The van der Waals surface area contributed by atoms with Gasteiger partial charge >= 0.3 is 31.1 Å². The van der Waals surface area contributed by atoms with Gasteiger partial charge in [-0.15, -0.1) is 0 Å². The lowest BCUT2D eigenvalue weighted by Gasteiger charge is -2.40. The van der Waals surface area contributed by atoms with Gasteiger partial charge in [0.25, 0.3) is 0 Å². The van der Waals surface area contributed by atoms with Crippen LogP contribution in [0.5, 0.6) is 0 Å². The summed E-state index contributed by atoms with van der Waals surface area (Å²) >= 11 is 0. The van der Waals surface area contributed by atoms with E-state index < -0.39 is 59.3 Å². The van der Waals surface area contributed by atoms with E-state index in [2.05, 4.69) is 0 Å². The highest BCUT2D eigenvalue weighted by Gasteiger charge is 2.64. The van der Waals surface area contributed by atoms with E-state index in [1.54, 1.807) is 0 Å². The van der Waals surface area contributed by atoms with Gasteiger partial charge < -0.3 is 9.47 Å². The molecular weight excluding hydrogens is 408 g/mol. The molecule has 2 atom stereocenters. The molecule has 1 aliphatic carbocycles. The van der Waals surface area contributed by atoms with Crippen LogP contribution < -0.4 is 0 Å². The topological polar surface area (TPSA) is 90.0 Å². The zero-order valence-electron chi connectivity index (χ0n) is 12.3. The highest BCUT2D eigenvalue weighted by molar-refractivity contribution is 8.04. The van der Waals surface area contributed by atoms with E-state index in [1.165, 1.54) is 0 Å². The maximum atomic E-state index is 12.8. The number of alkyl halides is 6.